The van der Waals surface area contributed by atoms with Gasteiger partial charge in [0, 0.05) is 33.4 Å². The van der Waals surface area contributed by atoms with Crippen LogP contribution in [0.15, 0.2) is 90.9 Å². The van der Waals surface area contributed by atoms with Crippen LogP contribution in [0.4, 0.5) is 0 Å². The lowest BCUT2D eigenvalue weighted by Crippen LogP contribution is -1.85. The first-order valence-corrected chi connectivity index (χ1v) is 12.2. The van der Waals surface area contributed by atoms with Crippen LogP contribution in [0.25, 0.3) is 68.6 Å². The van der Waals surface area contributed by atoms with E-state index in [1.807, 2.05) is 72.8 Å². The van der Waals surface area contributed by atoms with E-state index >= 15 is 0 Å². The molecule has 0 saturated carbocycles. The summed E-state index contributed by atoms with van der Waals surface area (Å²) >= 11 is 0. The Bertz CT molecular complexity index is 1800. The van der Waals surface area contributed by atoms with Crippen LogP contribution in [0.5, 0.6) is 0 Å². The van der Waals surface area contributed by atoms with Crippen molar-refractivity contribution in [3.63, 3.8) is 0 Å². The fourth-order valence-corrected chi connectivity index (χ4v) is 4.05. The van der Waals surface area contributed by atoms with Gasteiger partial charge in [0.1, 0.15) is 0 Å². The standard InChI is InChI=1S/C28H18N8O4/c1-15-29-25(37-33-15)19-10-6-17(7-11-19)23-31-27(39-35-23)21-4-3-5-22(14-21)28-32-24(36-40-28)18-8-12-20(13-9-18)26-30-16(2)34-38-26/h3-14H,1-2H3. The van der Waals surface area contributed by atoms with Crippen molar-refractivity contribution in [3.8, 4) is 68.6 Å². The largest absolute Gasteiger partial charge is 0.334 e. The molecule has 4 aromatic heterocycles. The molecule has 0 amide bonds. The lowest BCUT2D eigenvalue weighted by Gasteiger charge is -1.98. The fraction of sp³-hybridized carbons (Fsp3) is 0.0714. The minimum atomic E-state index is 0.361. The molecule has 12 heteroatoms. The van der Waals surface area contributed by atoms with E-state index < -0.39 is 0 Å². The molecule has 0 aliphatic heterocycles. The van der Waals surface area contributed by atoms with Crippen LogP contribution in [0.2, 0.25) is 0 Å². The van der Waals surface area contributed by atoms with Gasteiger partial charge in [-0.3, -0.25) is 0 Å². The van der Waals surface area contributed by atoms with Gasteiger partial charge in [0.2, 0.25) is 11.6 Å². The Morgan fingerprint density at radius 3 is 1.18 bits per heavy atom. The molecule has 0 atom stereocenters. The second-order valence-corrected chi connectivity index (χ2v) is 8.88. The maximum atomic E-state index is 5.55. The zero-order valence-electron chi connectivity index (χ0n) is 21.1. The molecule has 3 aromatic carbocycles. The summed E-state index contributed by atoms with van der Waals surface area (Å²) in [5.74, 6) is 3.68. The number of aromatic nitrogens is 8. The fourth-order valence-electron chi connectivity index (χ4n) is 4.05. The molecule has 4 heterocycles. The number of hydrogen-bond acceptors (Lipinski definition) is 12. The Hall–Kier alpha value is -5.78. The van der Waals surface area contributed by atoms with Gasteiger partial charge in [0.05, 0.1) is 0 Å². The van der Waals surface area contributed by atoms with Crippen molar-refractivity contribution >= 4 is 0 Å². The highest BCUT2D eigenvalue weighted by Gasteiger charge is 2.16. The molecule has 0 radical (unpaired) electrons. The molecule has 0 N–H and O–H groups in total. The molecule has 0 fully saturated rings. The molecule has 194 valence electrons. The normalized spacial score (nSPS) is 11.2. The van der Waals surface area contributed by atoms with Gasteiger partial charge < -0.3 is 18.1 Å². The lowest BCUT2D eigenvalue weighted by molar-refractivity contribution is 0.425. The second-order valence-electron chi connectivity index (χ2n) is 8.88. The maximum absolute atomic E-state index is 5.55. The third kappa shape index (κ3) is 4.43. The highest BCUT2D eigenvalue weighted by Crippen LogP contribution is 2.29. The SMILES string of the molecule is Cc1noc(-c2ccc(-c3noc(-c4cccc(-c5nc(-c6ccc(-c7nc(C)no7)cc6)no5)c4)n3)cc2)n1. The molecule has 0 spiro atoms. The molecule has 40 heavy (non-hydrogen) atoms. The molecule has 0 unspecified atom stereocenters. The molecular weight excluding hydrogens is 512 g/mol. The van der Waals surface area contributed by atoms with Gasteiger partial charge >= 0.3 is 0 Å². The summed E-state index contributed by atoms with van der Waals surface area (Å²) in [6.45, 7) is 3.54. The Balaban J connectivity index is 1.10. The van der Waals surface area contributed by atoms with E-state index in [0.29, 0.717) is 58.0 Å². The van der Waals surface area contributed by atoms with Crippen molar-refractivity contribution in [2.45, 2.75) is 13.8 Å². The maximum Gasteiger partial charge on any atom is 0.258 e. The third-order valence-corrected chi connectivity index (χ3v) is 6.04. The van der Waals surface area contributed by atoms with Gasteiger partial charge in [-0.1, -0.05) is 51.0 Å². The van der Waals surface area contributed by atoms with Crippen molar-refractivity contribution in [2.24, 2.45) is 0 Å². The van der Waals surface area contributed by atoms with Crippen molar-refractivity contribution in [1.29, 1.82) is 0 Å². The van der Waals surface area contributed by atoms with Crippen molar-refractivity contribution in [1.82, 2.24) is 40.6 Å². The monoisotopic (exact) mass is 530 g/mol. The quantitative estimate of drug-likeness (QED) is 0.253. The van der Waals surface area contributed by atoms with Crippen LogP contribution in [0, 0.1) is 13.8 Å². The topological polar surface area (TPSA) is 156 Å². The van der Waals surface area contributed by atoms with E-state index in [1.54, 1.807) is 13.8 Å². The smallest absolute Gasteiger partial charge is 0.258 e. The molecular formula is C28H18N8O4. The molecule has 0 saturated heterocycles. The summed E-state index contributed by atoms with van der Waals surface area (Å²) in [5, 5.41) is 15.9. The summed E-state index contributed by atoms with van der Waals surface area (Å²) in [6, 6.07) is 22.4. The highest BCUT2D eigenvalue weighted by atomic mass is 16.5. The first-order valence-electron chi connectivity index (χ1n) is 12.2. The van der Waals surface area contributed by atoms with Crippen LogP contribution in [0.3, 0.4) is 0 Å². The van der Waals surface area contributed by atoms with Crippen molar-refractivity contribution in [2.75, 3.05) is 0 Å². The second kappa shape index (κ2) is 9.51. The van der Waals surface area contributed by atoms with Crippen LogP contribution in [-0.2, 0) is 0 Å². The minimum Gasteiger partial charge on any atom is -0.334 e. The first kappa shape index (κ1) is 23.3. The third-order valence-electron chi connectivity index (χ3n) is 6.04. The predicted octanol–water partition coefficient (Wildman–Crippen LogP) is 5.84. The van der Waals surface area contributed by atoms with E-state index in [-0.39, 0.29) is 0 Å². The zero-order valence-corrected chi connectivity index (χ0v) is 21.1. The van der Waals surface area contributed by atoms with Gasteiger partial charge in [-0.05, 0) is 56.3 Å². The van der Waals surface area contributed by atoms with Gasteiger partial charge in [-0.25, -0.2) is 0 Å². The van der Waals surface area contributed by atoms with Gasteiger partial charge in [-0.15, -0.1) is 0 Å². The molecule has 0 bridgehead atoms. The van der Waals surface area contributed by atoms with E-state index in [0.717, 1.165) is 22.3 Å². The molecule has 7 aromatic rings. The van der Waals surface area contributed by atoms with Gasteiger partial charge in [0.15, 0.2) is 11.6 Å². The van der Waals surface area contributed by atoms with Gasteiger partial charge in [0.25, 0.3) is 23.6 Å². The van der Waals surface area contributed by atoms with Crippen LogP contribution in [0.1, 0.15) is 11.6 Å². The van der Waals surface area contributed by atoms with Crippen molar-refractivity contribution < 1.29 is 18.1 Å². The Morgan fingerprint density at radius 1 is 0.400 bits per heavy atom. The van der Waals surface area contributed by atoms with E-state index in [2.05, 4.69) is 40.6 Å². The number of rotatable bonds is 6. The first-order chi connectivity index (χ1) is 19.6. The van der Waals surface area contributed by atoms with Crippen molar-refractivity contribution in [3.05, 3.63) is 84.4 Å². The number of benzene rings is 3. The number of hydrogen-bond donors (Lipinski definition) is 0. The van der Waals surface area contributed by atoms with E-state index in [1.165, 1.54) is 0 Å². The van der Waals surface area contributed by atoms with E-state index in [9.17, 15) is 0 Å². The Morgan fingerprint density at radius 2 is 0.775 bits per heavy atom. The van der Waals surface area contributed by atoms with Crippen LogP contribution < -0.4 is 0 Å². The molecule has 0 aliphatic carbocycles. The molecule has 12 nitrogen and oxygen atoms in total. The average Bonchev–Trinajstić information content (AvgIpc) is 3.81. The number of aryl methyl sites for hydroxylation is 2. The van der Waals surface area contributed by atoms with Gasteiger partial charge in [-0.2, -0.15) is 19.9 Å². The predicted molar refractivity (Wildman–Crippen MR) is 140 cm³/mol. The average molecular weight is 531 g/mol. The summed E-state index contributed by atoms with van der Waals surface area (Å²) in [7, 11) is 0. The lowest BCUT2D eigenvalue weighted by atomic mass is 10.1. The summed E-state index contributed by atoms with van der Waals surface area (Å²) in [6.07, 6.45) is 0. The molecule has 0 aliphatic rings. The van der Waals surface area contributed by atoms with E-state index in [4.69, 9.17) is 18.1 Å². The Kier molecular flexibility index (Phi) is 5.55. The summed E-state index contributed by atoms with van der Waals surface area (Å²) < 4.78 is 21.5. The molecule has 7 rings (SSSR count). The summed E-state index contributed by atoms with van der Waals surface area (Å²) in [4.78, 5) is 17.6. The summed E-state index contributed by atoms with van der Waals surface area (Å²) in [5.41, 5.74) is 4.61. The highest BCUT2D eigenvalue weighted by molar-refractivity contribution is 5.69. The number of nitrogens with zero attached hydrogens (tertiary/aromatic N) is 8. The zero-order chi connectivity index (χ0) is 27.1. The Labute approximate surface area is 225 Å². The van der Waals surface area contributed by atoms with Crippen LogP contribution in [-0.4, -0.2) is 40.6 Å². The van der Waals surface area contributed by atoms with Crippen LogP contribution >= 0.6 is 0 Å². The minimum absolute atomic E-state index is 0.361.